The number of aromatic nitrogens is 2. The first-order valence-electron chi connectivity index (χ1n) is 11.7. The average molecular weight is 472 g/mol. The minimum Gasteiger partial charge on any atom is -0.394 e. The summed E-state index contributed by atoms with van der Waals surface area (Å²) in [6.07, 6.45) is 9.18. The molecule has 0 aliphatic carbocycles. The topological polar surface area (TPSA) is 134 Å². The summed E-state index contributed by atoms with van der Waals surface area (Å²) in [5, 5.41) is 22.0. The van der Waals surface area contributed by atoms with E-state index in [9.17, 15) is 24.6 Å². The predicted octanol–water partition coefficient (Wildman–Crippen LogP) is 1.92. The fourth-order valence-corrected chi connectivity index (χ4v) is 4.49. The highest BCUT2D eigenvalue weighted by atomic mass is 32.2. The monoisotopic (exact) mass is 471 g/mol. The summed E-state index contributed by atoms with van der Waals surface area (Å²) in [6.45, 7) is 2.28. The van der Waals surface area contributed by atoms with Crippen LogP contribution in [-0.4, -0.2) is 56.8 Å². The van der Waals surface area contributed by atoms with Crippen LogP contribution >= 0.6 is 11.8 Å². The predicted molar refractivity (Wildman–Crippen MR) is 124 cm³/mol. The number of hydrogen-bond acceptors (Lipinski definition) is 7. The van der Waals surface area contributed by atoms with Crippen LogP contribution in [-0.2, 0) is 9.53 Å². The molecule has 0 saturated carbocycles. The van der Waals surface area contributed by atoms with Crippen molar-refractivity contribution < 1.29 is 19.7 Å². The Hall–Kier alpha value is -1.62. The van der Waals surface area contributed by atoms with Crippen molar-refractivity contribution in [1.82, 2.24) is 14.9 Å². The second-order valence-electron chi connectivity index (χ2n) is 8.20. The molecule has 1 saturated heterocycles. The number of aliphatic hydroxyl groups excluding tert-OH is 2. The number of nitrogens with zero attached hydrogens (tertiary/aromatic N) is 1. The van der Waals surface area contributed by atoms with Gasteiger partial charge in [0.05, 0.1) is 17.6 Å². The highest BCUT2D eigenvalue weighted by molar-refractivity contribution is 7.99. The molecule has 2 heterocycles. The van der Waals surface area contributed by atoms with E-state index < -0.39 is 29.7 Å². The molecule has 3 atom stereocenters. The second-order valence-corrected chi connectivity index (χ2v) is 9.33. The first-order chi connectivity index (χ1) is 15.5. The highest BCUT2D eigenvalue weighted by Crippen LogP contribution is 2.27. The molecule has 0 aromatic carbocycles. The van der Waals surface area contributed by atoms with Gasteiger partial charge in [-0.05, 0) is 6.42 Å². The van der Waals surface area contributed by atoms with Crippen LogP contribution < -0.4 is 16.6 Å². The smallest absolute Gasteiger partial charge is 0.330 e. The van der Waals surface area contributed by atoms with Crippen molar-refractivity contribution in [2.24, 2.45) is 0 Å². The van der Waals surface area contributed by atoms with Gasteiger partial charge in [0.15, 0.2) is 0 Å². The van der Waals surface area contributed by atoms with Crippen LogP contribution in [0, 0.1) is 0 Å². The number of aromatic amines is 1. The zero-order valence-corrected chi connectivity index (χ0v) is 19.7. The van der Waals surface area contributed by atoms with Crippen LogP contribution in [0.1, 0.15) is 77.4 Å². The maximum absolute atomic E-state index is 12.1. The van der Waals surface area contributed by atoms with Gasteiger partial charge in [0, 0.05) is 31.3 Å². The average Bonchev–Trinajstić information content (AvgIpc) is 3.14. The van der Waals surface area contributed by atoms with Crippen LogP contribution in [0.2, 0.25) is 0 Å². The number of amides is 1. The largest absolute Gasteiger partial charge is 0.394 e. The Morgan fingerprint density at radius 3 is 2.56 bits per heavy atom. The highest BCUT2D eigenvalue weighted by Gasteiger charge is 2.35. The Morgan fingerprint density at radius 2 is 1.91 bits per heavy atom. The number of rotatable bonds is 15. The number of hydrogen-bond donors (Lipinski definition) is 4. The minimum atomic E-state index is -0.879. The molecule has 1 aromatic heterocycles. The van der Waals surface area contributed by atoms with E-state index >= 15 is 0 Å². The summed E-state index contributed by atoms with van der Waals surface area (Å²) >= 11 is 1.23. The molecule has 0 radical (unpaired) electrons. The van der Waals surface area contributed by atoms with Crippen molar-refractivity contribution in [3.8, 4) is 0 Å². The van der Waals surface area contributed by atoms with Crippen LogP contribution in [0.25, 0.3) is 0 Å². The van der Waals surface area contributed by atoms with Crippen LogP contribution in [0.5, 0.6) is 0 Å². The number of thioether (sulfide) groups is 1. The van der Waals surface area contributed by atoms with E-state index in [1.54, 1.807) is 0 Å². The molecule has 1 aliphatic heterocycles. The molecular weight excluding hydrogens is 434 g/mol. The van der Waals surface area contributed by atoms with Crippen LogP contribution in [0.15, 0.2) is 20.7 Å². The molecule has 1 aliphatic rings. The molecule has 0 unspecified atom stereocenters. The molecule has 2 rings (SSSR count). The quantitative estimate of drug-likeness (QED) is 0.227. The zero-order chi connectivity index (χ0) is 23.3. The molecule has 10 heteroatoms. The van der Waals surface area contributed by atoms with E-state index in [4.69, 9.17) is 4.74 Å². The third-order valence-corrected chi connectivity index (χ3v) is 6.58. The molecule has 1 amide bonds. The zero-order valence-electron chi connectivity index (χ0n) is 18.9. The van der Waals surface area contributed by atoms with E-state index in [-0.39, 0.29) is 18.9 Å². The van der Waals surface area contributed by atoms with Crippen molar-refractivity contribution in [2.75, 3.05) is 18.9 Å². The van der Waals surface area contributed by atoms with Gasteiger partial charge in [0.1, 0.15) is 12.3 Å². The first kappa shape index (κ1) is 26.6. The summed E-state index contributed by atoms with van der Waals surface area (Å²) in [5.74, 6) is 0.497. The molecule has 1 fully saturated rings. The minimum absolute atomic E-state index is 0.0128. The first-order valence-corrected chi connectivity index (χ1v) is 12.6. The van der Waals surface area contributed by atoms with Gasteiger partial charge >= 0.3 is 5.69 Å². The van der Waals surface area contributed by atoms with E-state index in [0.29, 0.717) is 23.6 Å². The van der Waals surface area contributed by atoms with E-state index in [2.05, 4.69) is 17.2 Å². The molecule has 182 valence electrons. The summed E-state index contributed by atoms with van der Waals surface area (Å²) in [7, 11) is 0. The number of H-pyrrole nitrogens is 1. The van der Waals surface area contributed by atoms with Crippen molar-refractivity contribution in [3.63, 3.8) is 0 Å². The Kier molecular flexibility index (Phi) is 12.1. The van der Waals surface area contributed by atoms with Gasteiger partial charge in [-0.25, -0.2) is 4.79 Å². The lowest BCUT2D eigenvalue weighted by molar-refractivity contribution is -0.121. The Balaban J connectivity index is 1.69. The van der Waals surface area contributed by atoms with E-state index in [0.717, 1.165) is 12.8 Å². The lowest BCUT2D eigenvalue weighted by Crippen LogP contribution is -2.33. The number of unbranched alkanes of at least 4 members (excludes halogenated alkanes) is 7. The van der Waals surface area contributed by atoms with Gasteiger partial charge < -0.3 is 20.3 Å². The lowest BCUT2D eigenvalue weighted by Gasteiger charge is -2.15. The van der Waals surface area contributed by atoms with E-state index in [1.807, 2.05) is 0 Å². The van der Waals surface area contributed by atoms with Gasteiger partial charge in [-0.3, -0.25) is 19.1 Å². The molecule has 4 N–H and O–H groups in total. The van der Waals surface area contributed by atoms with Crippen LogP contribution in [0.3, 0.4) is 0 Å². The Bertz CT molecular complexity index is 812. The lowest BCUT2D eigenvalue weighted by atomic mass is 10.1. The number of ether oxygens (including phenoxy) is 1. The molecular formula is C22H37N3O6S. The Labute approximate surface area is 193 Å². The number of aliphatic hydroxyl groups is 2. The Morgan fingerprint density at radius 1 is 1.22 bits per heavy atom. The molecule has 32 heavy (non-hydrogen) atoms. The third-order valence-electron chi connectivity index (χ3n) is 5.57. The second kappa shape index (κ2) is 14.5. The third kappa shape index (κ3) is 8.73. The van der Waals surface area contributed by atoms with Gasteiger partial charge in [0.2, 0.25) is 5.91 Å². The van der Waals surface area contributed by atoms with Gasteiger partial charge in [0.25, 0.3) is 5.56 Å². The normalized spacial score (nSPS) is 20.5. The van der Waals surface area contributed by atoms with Gasteiger partial charge in [-0.1, -0.05) is 51.9 Å². The fraction of sp³-hybridized carbons (Fsp3) is 0.773. The standard InChI is InChI=1S/C22H37N3O6S/c1-2-3-4-5-6-7-8-9-10-19(28)23-11-12-32-18-14-25(22(30)24-21(18)29)20-13-16(27)17(15-26)31-20/h14,16-17,20,26-27H,2-13,15H2,1H3,(H,23,28)(H,24,29,30)/t16-,17+,20+/m0/s1. The number of carbonyl (C=O) groups excluding carboxylic acids is 1. The van der Waals surface area contributed by atoms with Gasteiger partial charge in [-0.2, -0.15) is 0 Å². The van der Waals surface area contributed by atoms with Crippen molar-refractivity contribution in [1.29, 1.82) is 0 Å². The number of carbonyl (C=O) groups is 1. The maximum atomic E-state index is 12.1. The van der Waals surface area contributed by atoms with Gasteiger partial charge in [-0.15, -0.1) is 11.8 Å². The SMILES string of the molecule is CCCCCCCCCCC(=O)NCCSc1cn([C@H]2C[C@H](O)[C@@H](CO)O2)c(=O)[nH]c1=O. The van der Waals surface area contributed by atoms with Crippen molar-refractivity contribution in [3.05, 3.63) is 27.0 Å². The maximum Gasteiger partial charge on any atom is 0.330 e. The molecule has 0 spiro atoms. The summed E-state index contributed by atoms with van der Waals surface area (Å²) in [5.41, 5.74) is -1.13. The molecule has 9 nitrogen and oxygen atoms in total. The molecule has 0 bridgehead atoms. The summed E-state index contributed by atoms with van der Waals surface area (Å²) < 4.78 is 6.72. The van der Waals surface area contributed by atoms with Crippen molar-refractivity contribution in [2.45, 2.75) is 94.5 Å². The summed E-state index contributed by atoms with van der Waals surface area (Å²) in [6, 6.07) is 0. The van der Waals surface area contributed by atoms with E-state index in [1.165, 1.54) is 61.1 Å². The molecule has 1 aromatic rings. The van der Waals surface area contributed by atoms with Crippen LogP contribution in [0.4, 0.5) is 0 Å². The number of nitrogens with one attached hydrogen (secondary N) is 2. The fourth-order valence-electron chi connectivity index (χ4n) is 3.69. The summed E-state index contributed by atoms with van der Waals surface area (Å²) in [4.78, 5) is 38.8. The van der Waals surface area contributed by atoms with Crippen molar-refractivity contribution >= 4 is 17.7 Å².